The molecule has 1 N–H and O–H groups in total. The van der Waals surface area contributed by atoms with E-state index in [1.807, 2.05) is 6.07 Å². The summed E-state index contributed by atoms with van der Waals surface area (Å²) in [4.78, 5) is 2.40. The first kappa shape index (κ1) is 15.9. The number of nitrogens with one attached hydrogen (secondary N) is 1. The average molecular weight is 324 g/mol. The first-order valence-corrected chi connectivity index (χ1v) is 9.71. The van der Waals surface area contributed by atoms with Crippen LogP contribution in [0, 0.1) is 0 Å². The molecule has 2 aliphatic rings. The summed E-state index contributed by atoms with van der Waals surface area (Å²) in [5, 5.41) is 0. The van der Waals surface area contributed by atoms with Crippen molar-refractivity contribution >= 4 is 10.0 Å². The molecule has 2 atom stereocenters. The second-order valence-corrected chi connectivity index (χ2v) is 8.34. The smallest absolute Gasteiger partial charge is 0.208 e. The van der Waals surface area contributed by atoms with Gasteiger partial charge in [-0.15, -0.1) is 0 Å². The Hall–Kier alpha value is -0.950. The van der Waals surface area contributed by atoms with E-state index < -0.39 is 10.0 Å². The predicted octanol–water partition coefficient (Wildman–Crippen LogP) is 1.36. The normalized spacial score (nSPS) is 30.0. The highest BCUT2D eigenvalue weighted by atomic mass is 32.2. The van der Waals surface area contributed by atoms with Crippen LogP contribution in [-0.4, -0.2) is 50.9 Å². The van der Waals surface area contributed by atoms with Crippen LogP contribution in [0.15, 0.2) is 30.3 Å². The lowest BCUT2D eigenvalue weighted by Gasteiger charge is -2.38. The molecule has 2 fully saturated rings. The zero-order valence-electron chi connectivity index (χ0n) is 13.0. The molecule has 0 radical (unpaired) electrons. The van der Waals surface area contributed by atoms with E-state index in [1.54, 1.807) is 0 Å². The lowest BCUT2D eigenvalue weighted by atomic mass is 9.90. The Kier molecular flexibility index (Phi) is 4.54. The summed E-state index contributed by atoms with van der Waals surface area (Å²) in [5.74, 6) is 0. The Morgan fingerprint density at radius 3 is 2.86 bits per heavy atom. The molecule has 1 aromatic rings. The van der Waals surface area contributed by atoms with E-state index >= 15 is 0 Å². The topological polar surface area (TPSA) is 58.6 Å². The molecule has 2 saturated heterocycles. The van der Waals surface area contributed by atoms with Crippen molar-refractivity contribution in [3.63, 3.8) is 0 Å². The molecule has 22 heavy (non-hydrogen) atoms. The van der Waals surface area contributed by atoms with E-state index in [0.717, 1.165) is 38.9 Å². The van der Waals surface area contributed by atoms with E-state index in [2.05, 4.69) is 33.9 Å². The second kappa shape index (κ2) is 6.28. The number of hydrogen-bond donors (Lipinski definition) is 1. The van der Waals surface area contributed by atoms with Gasteiger partial charge >= 0.3 is 0 Å². The van der Waals surface area contributed by atoms with Crippen molar-refractivity contribution in [3.8, 4) is 0 Å². The van der Waals surface area contributed by atoms with E-state index in [0.29, 0.717) is 6.61 Å². The number of nitrogens with zero attached hydrogens (tertiary/aromatic N) is 1. The van der Waals surface area contributed by atoms with Crippen molar-refractivity contribution < 1.29 is 13.2 Å². The first-order chi connectivity index (χ1) is 10.4. The Bertz CT molecular complexity index is 605. The molecule has 1 spiro atoms. The quantitative estimate of drug-likeness (QED) is 0.908. The average Bonchev–Trinajstić information content (AvgIpc) is 2.80. The summed E-state index contributed by atoms with van der Waals surface area (Å²) >= 11 is 0. The van der Waals surface area contributed by atoms with Gasteiger partial charge < -0.3 is 4.74 Å². The third kappa shape index (κ3) is 4.07. The van der Waals surface area contributed by atoms with Crippen LogP contribution in [-0.2, 0) is 21.3 Å². The molecule has 3 rings (SSSR count). The lowest BCUT2D eigenvalue weighted by molar-refractivity contribution is -0.0779. The third-order valence-corrected chi connectivity index (χ3v) is 5.28. The summed E-state index contributed by atoms with van der Waals surface area (Å²) in [6, 6.07) is 10.4. The van der Waals surface area contributed by atoms with Gasteiger partial charge in [0.1, 0.15) is 0 Å². The van der Waals surface area contributed by atoms with Crippen molar-refractivity contribution in [2.24, 2.45) is 0 Å². The van der Waals surface area contributed by atoms with Crippen molar-refractivity contribution in [3.05, 3.63) is 35.9 Å². The Morgan fingerprint density at radius 1 is 1.36 bits per heavy atom. The van der Waals surface area contributed by atoms with Gasteiger partial charge in [0.2, 0.25) is 10.0 Å². The fraction of sp³-hybridized carbons (Fsp3) is 0.625. The molecule has 0 unspecified atom stereocenters. The van der Waals surface area contributed by atoms with Crippen LogP contribution in [0.4, 0.5) is 0 Å². The molecule has 5 nitrogen and oxygen atoms in total. The minimum atomic E-state index is -3.15. The van der Waals surface area contributed by atoms with Gasteiger partial charge in [0, 0.05) is 32.3 Å². The zero-order valence-corrected chi connectivity index (χ0v) is 13.8. The molecule has 0 amide bonds. The van der Waals surface area contributed by atoms with Crippen LogP contribution < -0.4 is 4.72 Å². The molecule has 0 aromatic heterocycles. The molecule has 0 saturated carbocycles. The Balaban J connectivity index is 1.60. The van der Waals surface area contributed by atoms with E-state index in [-0.39, 0.29) is 11.6 Å². The molecular formula is C16H24N2O3S. The fourth-order valence-corrected chi connectivity index (χ4v) is 4.43. The van der Waals surface area contributed by atoms with Crippen LogP contribution >= 0.6 is 0 Å². The van der Waals surface area contributed by atoms with Crippen LogP contribution in [0.2, 0.25) is 0 Å². The monoisotopic (exact) mass is 324 g/mol. The zero-order chi connectivity index (χ0) is 15.6. The Labute approximate surface area is 132 Å². The molecule has 1 aromatic carbocycles. The van der Waals surface area contributed by atoms with E-state index in [4.69, 9.17) is 4.74 Å². The molecule has 0 bridgehead atoms. The van der Waals surface area contributed by atoms with Gasteiger partial charge in [-0.3, -0.25) is 4.90 Å². The Morgan fingerprint density at radius 2 is 2.14 bits per heavy atom. The summed E-state index contributed by atoms with van der Waals surface area (Å²) in [5.41, 5.74) is 1.12. The number of sulfonamides is 1. The van der Waals surface area contributed by atoms with Gasteiger partial charge in [0.25, 0.3) is 0 Å². The van der Waals surface area contributed by atoms with Gasteiger partial charge in [-0.25, -0.2) is 13.1 Å². The standard InChI is InChI=1S/C16H24N2O3S/c1-22(19,20)17-15-7-10-21-16(11-15)8-9-18(13-16)12-14-5-3-2-4-6-14/h2-6,15,17H,7-13H2,1H3/t15-,16-/m1/s1. The van der Waals surface area contributed by atoms with Gasteiger partial charge in [-0.1, -0.05) is 30.3 Å². The molecule has 6 heteroatoms. The fourth-order valence-electron chi connectivity index (χ4n) is 3.62. The summed E-state index contributed by atoms with van der Waals surface area (Å²) < 4.78 is 31.7. The maximum absolute atomic E-state index is 11.4. The van der Waals surface area contributed by atoms with Crippen LogP contribution in [0.3, 0.4) is 0 Å². The molecule has 0 aliphatic carbocycles. The molecule has 122 valence electrons. The highest BCUT2D eigenvalue weighted by molar-refractivity contribution is 7.88. The van der Waals surface area contributed by atoms with Crippen molar-refractivity contribution in [2.75, 3.05) is 26.0 Å². The number of rotatable bonds is 4. The van der Waals surface area contributed by atoms with Crippen LogP contribution in [0.25, 0.3) is 0 Å². The summed E-state index contributed by atoms with van der Waals surface area (Å²) in [7, 11) is -3.15. The number of likely N-dealkylation sites (tertiary alicyclic amines) is 1. The minimum absolute atomic E-state index is 0.000394. The summed E-state index contributed by atoms with van der Waals surface area (Å²) in [6.07, 6.45) is 3.73. The van der Waals surface area contributed by atoms with Crippen LogP contribution in [0.5, 0.6) is 0 Å². The van der Waals surface area contributed by atoms with Gasteiger partial charge in [0.15, 0.2) is 0 Å². The number of ether oxygens (including phenoxy) is 1. The highest BCUT2D eigenvalue weighted by Gasteiger charge is 2.43. The second-order valence-electron chi connectivity index (χ2n) is 6.56. The van der Waals surface area contributed by atoms with Crippen LogP contribution in [0.1, 0.15) is 24.8 Å². The predicted molar refractivity (Wildman–Crippen MR) is 86.0 cm³/mol. The molecule has 2 aliphatic heterocycles. The SMILES string of the molecule is CS(=O)(=O)N[C@@H]1CCO[C@]2(CCN(Cc3ccccc3)C2)C1. The van der Waals surface area contributed by atoms with Gasteiger partial charge in [0.05, 0.1) is 11.9 Å². The van der Waals surface area contributed by atoms with Crippen molar-refractivity contribution in [1.82, 2.24) is 9.62 Å². The largest absolute Gasteiger partial charge is 0.373 e. The third-order valence-electron chi connectivity index (χ3n) is 4.52. The highest BCUT2D eigenvalue weighted by Crippen LogP contribution is 2.35. The molecule has 2 heterocycles. The minimum Gasteiger partial charge on any atom is -0.373 e. The van der Waals surface area contributed by atoms with Crippen molar-refractivity contribution in [1.29, 1.82) is 0 Å². The van der Waals surface area contributed by atoms with E-state index in [1.165, 1.54) is 11.8 Å². The molecular weight excluding hydrogens is 300 g/mol. The lowest BCUT2D eigenvalue weighted by Crippen LogP contribution is -2.49. The summed E-state index contributed by atoms with van der Waals surface area (Å²) in [6.45, 7) is 3.44. The van der Waals surface area contributed by atoms with Crippen molar-refractivity contribution in [2.45, 2.75) is 37.5 Å². The number of benzene rings is 1. The van der Waals surface area contributed by atoms with Gasteiger partial charge in [-0.2, -0.15) is 0 Å². The number of hydrogen-bond acceptors (Lipinski definition) is 4. The van der Waals surface area contributed by atoms with Gasteiger partial charge in [-0.05, 0) is 24.8 Å². The van der Waals surface area contributed by atoms with E-state index in [9.17, 15) is 8.42 Å². The first-order valence-electron chi connectivity index (χ1n) is 7.82. The maximum atomic E-state index is 11.4. The maximum Gasteiger partial charge on any atom is 0.208 e.